The van der Waals surface area contributed by atoms with Crippen LogP contribution in [-0.2, 0) is 14.3 Å². The quantitative estimate of drug-likeness (QED) is 0.446. The standard InChI is InChI=1S/C20H26O3/c1-11(2)6-5-7-14-10-23-20-13(4)18(21)19(22)16-12(3)8-9-15(14)17(16)20/h6,12,14-15H,5,7-10H2,1-4H3/t12?,14-,15?/m1/s1. The van der Waals surface area contributed by atoms with E-state index in [4.69, 9.17) is 4.74 Å². The predicted molar refractivity (Wildman–Crippen MR) is 89.7 cm³/mol. The summed E-state index contributed by atoms with van der Waals surface area (Å²) in [6, 6.07) is 0. The molecule has 0 spiro atoms. The van der Waals surface area contributed by atoms with E-state index in [0.717, 1.165) is 42.6 Å². The Kier molecular flexibility index (Phi) is 4.31. The molecule has 0 radical (unpaired) electrons. The molecule has 0 saturated carbocycles. The molecule has 1 aliphatic heterocycles. The van der Waals surface area contributed by atoms with E-state index in [1.54, 1.807) is 6.92 Å². The van der Waals surface area contributed by atoms with Gasteiger partial charge in [0, 0.05) is 22.6 Å². The molecule has 0 aromatic rings. The lowest BCUT2D eigenvalue weighted by atomic mass is 9.65. The zero-order chi connectivity index (χ0) is 16.7. The highest BCUT2D eigenvalue weighted by Gasteiger charge is 2.46. The molecular formula is C20H26O3. The lowest BCUT2D eigenvalue weighted by molar-refractivity contribution is -0.133. The summed E-state index contributed by atoms with van der Waals surface area (Å²) >= 11 is 0. The molecule has 3 nitrogen and oxygen atoms in total. The molecule has 1 heterocycles. The number of Topliss-reactive ketones (excluding diaryl/α,β-unsaturated/α-hetero) is 2. The van der Waals surface area contributed by atoms with E-state index in [9.17, 15) is 9.59 Å². The van der Waals surface area contributed by atoms with Gasteiger partial charge >= 0.3 is 0 Å². The molecular weight excluding hydrogens is 288 g/mol. The average Bonchev–Trinajstić information content (AvgIpc) is 2.51. The first-order chi connectivity index (χ1) is 10.9. The van der Waals surface area contributed by atoms with Crippen LogP contribution in [-0.4, -0.2) is 18.2 Å². The smallest absolute Gasteiger partial charge is 0.232 e. The van der Waals surface area contributed by atoms with Gasteiger partial charge in [-0.3, -0.25) is 9.59 Å². The third-order valence-electron chi connectivity index (χ3n) is 5.54. The van der Waals surface area contributed by atoms with Gasteiger partial charge in [-0.25, -0.2) is 0 Å². The van der Waals surface area contributed by atoms with E-state index in [1.807, 2.05) is 0 Å². The molecule has 2 aliphatic carbocycles. The van der Waals surface area contributed by atoms with Crippen molar-refractivity contribution in [1.82, 2.24) is 0 Å². The van der Waals surface area contributed by atoms with E-state index in [1.165, 1.54) is 5.57 Å². The summed E-state index contributed by atoms with van der Waals surface area (Å²) < 4.78 is 6.00. The zero-order valence-electron chi connectivity index (χ0n) is 14.6. The number of hydrogen-bond acceptors (Lipinski definition) is 3. The number of carbonyl (C=O) groups is 2. The molecule has 0 amide bonds. The first-order valence-electron chi connectivity index (χ1n) is 8.72. The highest BCUT2D eigenvalue weighted by Crippen LogP contribution is 2.49. The summed E-state index contributed by atoms with van der Waals surface area (Å²) in [5.74, 6) is 1.06. The van der Waals surface area contributed by atoms with Gasteiger partial charge in [0.25, 0.3) is 0 Å². The van der Waals surface area contributed by atoms with Crippen molar-refractivity contribution in [2.45, 2.75) is 53.4 Å². The molecule has 0 aromatic heterocycles. The van der Waals surface area contributed by atoms with Crippen LogP contribution in [0, 0.1) is 17.8 Å². The minimum Gasteiger partial charge on any atom is -0.493 e. The molecule has 0 aromatic carbocycles. The topological polar surface area (TPSA) is 43.4 Å². The normalized spacial score (nSPS) is 30.2. The maximum Gasteiger partial charge on any atom is 0.232 e. The van der Waals surface area contributed by atoms with Gasteiger partial charge in [-0.05, 0) is 58.3 Å². The third kappa shape index (κ3) is 2.71. The minimum atomic E-state index is -0.366. The van der Waals surface area contributed by atoms with Gasteiger partial charge in [-0.15, -0.1) is 0 Å². The van der Waals surface area contributed by atoms with Crippen LogP contribution >= 0.6 is 0 Å². The van der Waals surface area contributed by atoms with Gasteiger partial charge in [0.2, 0.25) is 11.6 Å². The second kappa shape index (κ2) is 6.10. The SMILES string of the molecule is CC(C)=CCC[C@@H]1COC2=C(C)C(=O)C(=O)C3=C2C1CCC3C. The highest BCUT2D eigenvalue weighted by molar-refractivity contribution is 6.50. The molecule has 0 N–H and O–H groups in total. The van der Waals surface area contributed by atoms with Crippen LogP contribution in [0.2, 0.25) is 0 Å². The van der Waals surface area contributed by atoms with Gasteiger partial charge in [0.1, 0.15) is 5.76 Å². The van der Waals surface area contributed by atoms with Crippen LogP contribution in [0.1, 0.15) is 53.4 Å². The van der Waals surface area contributed by atoms with Crippen molar-refractivity contribution in [1.29, 1.82) is 0 Å². The maximum atomic E-state index is 12.5. The van der Waals surface area contributed by atoms with Gasteiger partial charge < -0.3 is 4.74 Å². The van der Waals surface area contributed by atoms with Crippen LogP contribution in [0.5, 0.6) is 0 Å². The molecule has 124 valence electrons. The van der Waals surface area contributed by atoms with Crippen LogP contribution in [0.4, 0.5) is 0 Å². The fourth-order valence-corrected chi connectivity index (χ4v) is 4.25. The van der Waals surface area contributed by atoms with Gasteiger partial charge in [0.05, 0.1) is 6.61 Å². The van der Waals surface area contributed by atoms with E-state index in [-0.39, 0.29) is 17.5 Å². The van der Waals surface area contributed by atoms with Crippen molar-refractivity contribution in [3.8, 4) is 0 Å². The van der Waals surface area contributed by atoms with E-state index >= 15 is 0 Å². The summed E-state index contributed by atoms with van der Waals surface area (Å²) in [6.07, 6.45) is 6.49. The Bertz CT molecular complexity index is 644. The van der Waals surface area contributed by atoms with Crippen LogP contribution in [0.25, 0.3) is 0 Å². The number of hydrogen-bond donors (Lipinski definition) is 0. The van der Waals surface area contributed by atoms with Crippen LogP contribution in [0.15, 0.2) is 34.1 Å². The van der Waals surface area contributed by atoms with Gasteiger partial charge in [0.15, 0.2) is 0 Å². The van der Waals surface area contributed by atoms with Gasteiger partial charge in [-0.2, -0.15) is 0 Å². The number of carbonyl (C=O) groups excluding carboxylic acids is 2. The van der Waals surface area contributed by atoms with E-state index in [2.05, 4.69) is 26.8 Å². The predicted octanol–water partition coefficient (Wildman–Crippen LogP) is 4.15. The summed E-state index contributed by atoms with van der Waals surface area (Å²) in [4.78, 5) is 24.7. The second-order valence-electron chi connectivity index (χ2n) is 7.45. The molecule has 3 atom stereocenters. The lowest BCUT2D eigenvalue weighted by Crippen LogP contribution is -2.40. The average molecular weight is 314 g/mol. The van der Waals surface area contributed by atoms with Crippen molar-refractivity contribution in [2.24, 2.45) is 17.8 Å². The summed E-state index contributed by atoms with van der Waals surface area (Å²) in [7, 11) is 0. The number of ketones is 2. The van der Waals surface area contributed by atoms with Crippen molar-refractivity contribution in [3.05, 3.63) is 34.1 Å². The van der Waals surface area contributed by atoms with Crippen LogP contribution < -0.4 is 0 Å². The van der Waals surface area contributed by atoms with Gasteiger partial charge in [-0.1, -0.05) is 18.6 Å². The second-order valence-corrected chi connectivity index (χ2v) is 7.45. The molecule has 1 saturated heterocycles. The molecule has 1 fully saturated rings. The first-order valence-corrected chi connectivity index (χ1v) is 8.72. The van der Waals surface area contributed by atoms with Crippen molar-refractivity contribution < 1.29 is 14.3 Å². The summed E-state index contributed by atoms with van der Waals surface area (Å²) in [5, 5.41) is 0. The molecule has 3 aliphatic rings. The first kappa shape index (κ1) is 16.2. The lowest BCUT2D eigenvalue weighted by Gasteiger charge is -2.43. The Morgan fingerprint density at radius 3 is 2.61 bits per heavy atom. The number of ether oxygens (including phenoxy) is 1. The molecule has 3 rings (SSSR count). The highest BCUT2D eigenvalue weighted by atomic mass is 16.5. The Balaban J connectivity index is 1.96. The Morgan fingerprint density at radius 1 is 1.17 bits per heavy atom. The fraction of sp³-hybridized carbons (Fsp3) is 0.600. The Hall–Kier alpha value is -1.64. The number of allylic oxidation sites excluding steroid dienone is 5. The number of rotatable bonds is 3. The van der Waals surface area contributed by atoms with Crippen molar-refractivity contribution >= 4 is 11.6 Å². The third-order valence-corrected chi connectivity index (χ3v) is 5.54. The minimum absolute atomic E-state index is 0.168. The van der Waals surface area contributed by atoms with Crippen LogP contribution in [0.3, 0.4) is 0 Å². The monoisotopic (exact) mass is 314 g/mol. The summed E-state index contributed by atoms with van der Waals surface area (Å²) in [6.45, 7) is 8.71. The Morgan fingerprint density at radius 2 is 1.91 bits per heavy atom. The largest absolute Gasteiger partial charge is 0.493 e. The van der Waals surface area contributed by atoms with E-state index < -0.39 is 0 Å². The molecule has 2 unspecified atom stereocenters. The maximum absolute atomic E-state index is 12.5. The van der Waals surface area contributed by atoms with E-state index in [0.29, 0.717) is 24.0 Å². The molecule has 0 bridgehead atoms. The zero-order valence-corrected chi connectivity index (χ0v) is 14.6. The fourth-order valence-electron chi connectivity index (χ4n) is 4.25. The summed E-state index contributed by atoms with van der Waals surface area (Å²) in [5.41, 5.74) is 3.67. The molecule has 23 heavy (non-hydrogen) atoms. The van der Waals surface area contributed by atoms with Crippen molar-refractivity contribution in [3.63, 3.8) is 0 Å². The van der Waals surface area contributed by atoms with Crippen molar-refractivity contribution in [2.75, 3.05) is 6.61 Å². The Labute approximate surface area is 138 Å². The molecule has 3 heteroatoms.